The maximum Gasteiger partial charge on any atom is 0.410 e. The zero-order valence-corrected chi connectivity index (χ0v) is 16.3. The number of carbonyl (C=O) groups is 1. The van der Waals surface area contributed by atoms with Crippen molar-refractivity contribution >= 4 is 28.7 Å². The molecule has 5 heteroatoms. The van der Waals surface area contributed by atoms with Crippen LogP contribution in [0.3, 0.4) is 0 Å². The van der Waals surface area contributed by atoms with Crippen LogP contribution in [-0.4, -0.2) is 29.7 Å². The fourth-order valence-corrected chi connectivity index (χ4v) is 2.70. The monoisotopic (exact) mass is 419 g/mol. The Morgan fingerprint density at radius 2 is 1.95 bits per heavy atom. The lowest BCUT2D eigenvalue weighted by Gasteiger charge is -2.27. The molecule has 0 aliphatic carbocycles. The number of ether oxygens (including phenoxy) is 2. The van der Waals surface area contributed by atoms with E-state index in [-0.39, 0.29) is 6.09 Å². The van der Waals surface area contributed by atoms with E-state index in [1.807, 2.05) is 39.8 Å². The van der Waals surface area contributed by atoms with Gasteiger partial charge in [0, 0.05) is 13.1 Å². The van der Waals surface area contributed by atoms with Crippen LogP contribution in [0.15, 0.2) is 18.2 Å². The van der Waals surface area contributed by atoms with Gasteiger partial charge in [0.05, 0.1) is 10.2 Å². The molecule has 0 fully saturated rings. The van der Waals surface area contributed by atoms with Crippen molar-refractivity contribution < 1.29 is 14.3 Å². The number of halogens is 1. The standard InChI is InChI=1S/C17H26INO3/c1-6-10-19(16(20)22-17(3,4)5)12-13-8-9-15(21-7-2)14(18)11-13/h8-9,11H,6-7,10,12H2,1-5H3. The maximum atomic E-state index is 12.3. The molecule has 0 spiro atoms. The summed E-state index contributed by atoms with van der Waals surface area (Å²) in [6.07, 6.45) is 0.631. The van der Waals surface area contributed by atoms with Crippen LogP contribution in [0.25, 0.3) is 0 Å². The summed E-state index contributed by atoms with van der Waals surface area (Å²) in [6.45, 7) is 11.5. The fraction of sp³-hybridized carbons (Fsp3) is 0.588. The molecule has 0 bridgehead atoms. The van der Waals surface area contributed by atoms with Gasteiger partial charge in [-0.25, -0.2) is 4.79 Å². The second kappa shape index (κ2) is 8.60. The number of benzene rings is 1. The van der Waals surface area contributed by atoms with Crippen LogP contribution in [0.4, 0.5) is 4.79 Å². The van der Waals surface area contributed by atoms with Crippen LogP contribution >= 0.6 is 22.6 Å². The van der Waals surface area contributed by atoms with Gasteiger partial charge < -0.3 is 14.4 Å². The third-order valence-corrected chi connectivity index (χ3v) is 3.66. The number of nitrogens with zero attached hydrogens (tertiary/aromatic N) is 1. The summed E-state index contributed by atoms with van der Waals surface area (Å²) in [4.78, 5) is 14.0. The lowest BCUT2D eigenvalue weighted by Crippen LogP contribution is -2.36. The van der Waals surface area contributed by atoms with E-state index in [0.717, 1.165) is 21.3 Å². The molecule has 1 amide bonds. The predicted molar refractivity (Wildman–Crippen MR) is 97.3 cm³/mol. The molecule has 1 rings (SSSR count). The Kier molecular flexibility index (Phi) is 7.45. The van der Waals surface area contributed by atoms with Gasteiger partial charge in [-0.3, -0.25) is 0 Å². The van der Waals surface area contributed by atoms with Crippen molar-refractivity contribution in [1.82, 2.24) is 4.90 Å². The van der Waals surface area contributed by atoms with Crippen LogP contribution in [-0.2, 0) is 11.3 Å². The normalized spacial score (nSPS) is 11.2. The van der Waals surface area contributed by atoms with Gasteiger partial charge in [-0.2, -0.15) is 0 Å². The summed E-state index contributed by atoms with van der Waals surface area (Å²) in [5.74, 6) is 0.881. The highest BCUT2D eigenvalue weighted by atomic mass is 127. The van der Waals surface area contributed by atoms with Crippen LogP contribution in [0.1, 0.15) is 46.6 Å². The van der Waals surface area contributed by atoms with E-state index < -0.39 is 5.60 Å². The van der Waals surface area contributed by atoms with Crippen molar-refractivity contribution in [3.8, 4) is 5.75 Å². The van der Waals surface area contributed by atoms with Gasteiger partial charge in [-0.05, 0) is 74.4 Å². The quantitative estimate of drug-likeness (QED) is 0.620. The van der Waals surface area contributed by atoms with Gasteiger partial charge >= 0.3 is 6.09 Å². The molecule has 0 saturated heterocycles. The Morgan fingerprint density at radius 1 is 1.27 bits per heavy atom. The van der Waals surface area contributed by atoms with E-state index >= 15 is 0 Å². The Labute approximate surface area is 147 Å². The van der Waals surface area contributed by atoms with Crippen molar-refractivity contribution in [1.29, 1.82) is 0 Å². The molecule has 0 saturated carbocycles. The first kappa shape index (κ1) is 19.1. The van der Waals surface area contributed by atoms with Gasteiger partial charge in [0.15, 0.2) is 0 Å². The van der Waals surface area contributed by atoms with Crippen molar-refractivity contribution in [3.63, 3.8) is 0 Å². The number of rotatable bonds is 6. The molecule has 0 atom stereocenters. The van der Waals surface area contributed by atoms with E-state index in [9.17, 15) is 4.79 Å². The number of amides is 1. The molecule has 0 aliphatic rings. The molecule has 0 aliphatic heterocycles. The van der Waals surface area contributed by atoms with E-state index in [1.54, 1.807) is 4.90 Å². The largest absolute Gasteiger partial charge is 0.493 e. The Balaban J connectivity index is 2.82. The molecule has 1 aromatic rings. The van der Waals surface area contributed by atoms with Gasteiger partial charge in [0.1, 0.15) is 11.4 Å². The van der Waals surface area contributed by atoms with E-state index in [0.29, 0.717) is 19.7 Å². The van der Waals surface area contributed by atoms with Gasteiger partial charge in [-0.15, -0.1) is 0 Å². The molecule has 0 unspecified atom stereocenters. The molecule has 0 heterocycles. The van der Waals surface area contributed by atoms with Crippen molar-refractivity contribution in [2.75, 3.05) is 13.2 Å². The molecule has 0 radical (unpaired) electrons. The van der Waals surface area contributed by atoms with Crippen molar-refractivity contribution in [2.24, 2.45) is 0 Å². The van der Waals surface area contributed by atoms with Crippen LogP contribution in [0, 0.1) is 3.57 Å². The maximum absolute atomic E-state index is 12.3. The molecule has 0 aromatic heterocycles. The summed E-state index contributed by atoms with van der Waals surface area (Å²) in [5, 5.41) is 0. The fourth-order valence-electron chi connectivity index (χ4n) is 1.97. The SMILES string of the molecule is CCCN(Cc1ccc(OCC)c(I)c1)C(=O)OC(C)(C)C. The molecule has 0 N–H and O–H groups in total. The molecule has 1 aromatic carbocycles. The second-order valence-electron chi connectivity index (χ2n) is 6.10. The minimum absolute atomic E-state index is 0.266. The Morgan fingerprint density at radius 3 is 2.45 bits per heavy atom. The second-order valence-corrected chi connectivity index (χ2v) is 7.26. The number of hydrogen-bond donors (Lipinski definition) is 0. The first-order chi connectivity index (χ1) is 10.3. The van der Waals surface area contributed by atoms with E-state index in [4.69, 9.17) is 9.47 Å². The highest BCUT2D eigenvalue weighted by Gasteiger charge is 2.21. The molecular weight excluding hydrogens is 393 g/mol. The zero-order chi connectivity index (χ0) is 16.8. The highest BCUT2D eigenvalue weighted by molar-refractivity contribution is 14.1. The summed E-state index contributed by atoms with van der Waals surface area (Å²) in [6, 6.07) is 6.01. The van der Waals surface area contributed by atoms with Crippen LogP contribution in [0.2, 0.25) is 0 Å². The lowest BCUT2D eigenvalue weighted by molar-refractivity contribution is 0.0233. The number of carbonyl (C=O) groups excluding carboxylic acids is 1. The van der Waals surface area contributed by atoms with Crippen molar-refractivity contribution in [2.45, 2.75) is 53.2 Å². The molecule has 4 nitrogen and oxygen atoms in total. The third kappa shape index (κ3) is 6.42. The lowest BCUT2D eigenvalue weighted by atomic mass is 10.2. The minimum atomic E-state index is -0.476. The first-order valence-corrected chi connectivity index (χ1v) is 8.73. The van der Waals surface area contributed by atoms with E-state index in [2.05, 4.69) is 35.6 Å². The summed E-state index contributed by atoms with van der Waals surface area (Å²) >= 11 is 2.26. The van der Waals surface area contributed by atoms with Crippen LogP contribution < -0.4 is 4.74 Å². The Hall–Kier alpha value is -0.980. The van der Waals surface area contributed by atoms with Gasteiger partial charge in [0.2, 0.25) is 0 Å². The number of hydrogen-bond acceptors (Lipinski definition) is 3. The third-order valence-electron chi connectivity index (χ3n) is 2.81. The summed E-state index contributed by atoms with van der Waals surface area (Å²) in [5.41, 5.74) is 0.600. The highest BCUT2D eigenvalue weighted by Crippen LogP contribution is 2.23. The van der Waals surface area contributed by atoms with Gasteiger partial charge in [-0.1, -0.05) is 13.0 Å². The Bertz CT molecular complexity index is 497. The zero-order valence-electron chi connectivity index (χ0n) is 14.1. The molecule has 124 valence electrons. The average Bonchev–Trinajstić information content (AvgIpc) is 2.39. The van der Waals surface area contributed by atoms with Gasteiger partial charge in [0.25, 0.3) is 0 Å². The topological polar surface area (TPSA) is 38.8 Å². The van der Waals surface area contributed by atoms with Crippen molar-refractivity contribution in [3.05, 3.63) is 27.3 Å². The van der Waals surface area contributed by atoms with E-state index in [1.165, 1.54) is 0 Å². The summed E-state index contributed by atoms with van der Waals surface area (Å²) < 4.78 is 12.1. The predicted octanol–water partition coefficient (Wildman–Crippen LogP) is 4.84. The first-order valence-electron chi connectivity index (χ1n) is 7.66. The minimum Gasteiger partial charge on any atom is -0.493 e. The smallest absolute Gasteiger partial charge is 0.410 e. The average molecular weight is 419 g/mol. The van der Waals surface area contributed by atoms with Crippen LogP contribution in [0.5, 0.6) is 5.75 Å². The molecule has 22 heavy (non-hydrogen) atoms. The molecular formula is C17H26INO3. The summed E-state index contributed by atoms with van der Waals surface area (Å²) in [7, 11) is 0.